The fraction of sp³-hybridized carbons (Fsp3) is 0.500. The Hall–Kier alpha value is -0.380. The number of hydrogen-bond acceptors (Lipinski definition) is 3. The second-order valence-corrected chi connectivity index (χ2v) is 5.56. The average molecular weight is 257 g/mol. The minimum atomic E-state index is 0.556. The SMILES string of the molecule is CN1c2c(Cl)cccc2SCC1CCCN. The van der Waals surface area contributed by atoms with E-state index in [2.05, 4.69) is 18.0 Å². The summed E-state index contributed by atoms with van der Waals surface area (Å²) in [7, 11) is 2.13. The first-order valence-corrected chi connectivity index (χ1v) is 6.94. The maximum atomic E-state index is 6.26. The number of nitrogens with two attached hydrogens (primary N) is 1. The van der Waals surface area contributed by atoms with Gasteiger partial charge in [0.2, 0.25) is 0 Å². The monoisotopic (exact) mass is 256 g/mol. The summed E-state index contributed by atoms with van der Waals surface area (Å²) in [6.45, 7) is 0.768. The molecule has 1 aromatic carbocycles. The molecule has 0 aliphatic carbocycles. The third-order valence-electron chi connectivity index (χ3n) is 3.02. The zero-order chi connectivity index (χ0) is 11.5. The quantitative estimate of drug-likeness (QED) is 0.902. The van der Waals surface area contributed by atoms with Gasteiger partial charge < -0.3 is 10.6 Å². The molecular formula is C12H17ClN2S. The van der Waals surface area contributed by atoms with Gasteiger partial charge in [-0.25, -0.2) is 0 Å². The summed E-state index contributed by atoms with van der Waals surface area (Å²) in [4.78, 5) is 3.60. The lowest BCUT2D eigenvalue weighted by Crippen LogP contribution is -2.37. The Kier molecular flexibility index (Phi) is 4.00. The zero-order valence-corrected chi connectivity index (χ0v) is 11.0. The number of hydrogen-bond donors (Lipinski definition) is 1. The highest BCUT2D eigenvalue weighted by Crippen LogP contribution is 2.41. The molecule has 0 saturated heterocycles. The van der Waals surface area contributed by atoms with Gasteiger partial charge in [-0.2, -0.15) is 0 Å². The van der Waals surface area contributed by atoms with Crippen LogP contribution in [0.5, 0.6) is 0 Å². The number of fused-ring (bicyclic) bond motifs is 1. The van der Waals surface area contributed by atoms with E-state index in [1.165, 1.54) is 10.6 Å². The molecule has 2 N–H and O–H groups in total. The van der Waals surface area contributed by atoms with Crippen LogP contribution >= 0.6 is 23.4 Å². The second-order valence-electron chi connectivity index (χ2n) is 4.09. The molecule has 1 unspecified atom stereocenters. The van der Waals surface area contributed by atoms with E-state index in [1.54, 1.807) is 0 Å². The van der Waals surface area contributed by atoms with Crippen LogP contribution in [0.25, 0.3) is 0 Å². The first-order valence-electron chi connectivity index (χ1n) is 5.58. The topological polar surface area (TPSA) is 29.3 Å². The summed E-state index contributed by atoms with van der Waals surface area (Å²) in [5.41, 5.74) is 6.75. The first-order chi connectivity index (χ1) is 7.74. The predicted molar refractivity (Wildman–Crippen MR) is 72.7 cm³/mol. The van der Waals surface area contributed by atoms with E-state index in [0.717, 1.165) is 30.2 Å². The van der Waals surface area contributed by atoms with Crippen molar-refractivity contribution >= 4 is 29.1 Å². The number of thioether (sulfide) groups is 1. The molecule has 0 fully saturated rings. The molecule has 4 heteroatoms. The van der Waals surface area contributed by atoms with Crippen molar-refractivity contribution in [2.45, 2.75) is 23.8 Å². The molecule has 0 spiro atoms. The highest BCUT2D eigenvalue weighted by Gasteiger charge is 2.25. The van der Waals surface area contributed by atoms with Gasteiger partial charge in [0.25, 0.3) is 0 Å². The third-order valence-corrected chi connectivity index (χ3v) is 4.52. The number of rotatable bonds is 3. The van der Waals surface area contributed by atoms with E-state index < -0.39 is 0 Å². The summed E-state index contributed by atoms with van der Waals surface area (Å²) in [5, 5.41) is 0.852. The molecular weight excluding hydrogens is 240 g/mol. The fourth-order valence-electron chi connectivity index (χ4n) is 2.07. The molecule has 88 valence electrons. The van der Waals surface area contributed by atoms with Crippen LogP contribution in [0.2, 0.25) is 5.02 Å². The molecule has 0 aromatic heterocycles. The Morgan fingerprint density at radius 2 is 2.38 bits per heavy atom. The first kappa shape index (κ1) is 12.1. The maximum absolute atomic E-state index is 6.26. The van der Waals surface area contributed by atoms with Crippen molar-refractivity contribution in [3.8, 4) is 0 Å². The summed E-state index contributed by atoms with van der Waals surface area (Å²) in [5.74, 6) is 1.13. The molecule has 0 amide bonds. The largest absolute Gasteiger partial charge is 0.369 e. The van der Waals surface area contributed by atoms with E-state index in [9.17, 15) is 0 Å². The van der Waals surface area contributed by atoms with Crippen molar-refractivity contribution in [1.82, 2.24) is 0 Å². The lowest BCUT2D eigenvalue weighted by molar-refractivity contribution is 0.599. The Morgan fingerprint density at radius 3 is 3.12 bits per heavy atom. The minimum Gasteiger partial charge on any atom is -0.369 e. The van der Waals surface area contributed by atoms with Gasteiger partial charge in [0.1, 0.15) is 0 Å². The van der Waals surface area contributed by atoms with Crippen LogP contribution < -0.4 is 10.6 Å². The molecule has 2 rings (SSSR count). The van der Waals surface area contributed by atoms with Crippen LogP contribution in [-0.2, 0) is 0 Å². The standard InChI is InChI=1S/C12H17ClN2S/c1-15-9(4-3-7-14)8-16-11-6-2-5-10(13)12(11)15/h2,5-6,9H,3-4,7-8,14H2,1H3. The molecule has 1 aromatic rings. The van der Waals surface area contributed by atoms with Crippen LogP contribution in [-0.4, -0.2) is 25.4 Å². The molecule has 0 saturated carbocycles. The summed E-state index contributed by atoms with van der Waals surface area (Å²) < 4.78 is 0. The van der Waals surface area contributed by atoms with Crippen molar-refractivity contribution in [2.24, 2.45) is 5.73 Å². The van der Waals surface area contributed by atoms with Gasteiger partial charge in [-0.05, 0) is 31.5 Å². The molecule has 1 atom stereocenters. The number of halogens is 1. The van der Waals surface area contributed by atoms with Gasteiger partial charge in [-0.3, -0.25) is 0 Å². The van der Waals surface area contributed by atoms with Crippen molar-refractivity contribution in [2.75, 3.05) is 24.2 Å². The van der Waals surface area contributed by atoms with Crippen molar-refractivity contribution in [3.05, 3.63) is 23.2 Å². The Labute approximate surface area is 106 Å². The van der Waals surface area contributed by atoms with E-state index in [0.29, 0.717) is 6.04 Å². The van der Waals surface area contributed by atoms with Crippen LogP contribution in [0.3, 0.4) is 0 Å². The summed E-state index contributed by atoms with van der Waals surface area (Å²) in [6, 6.07) is 6.67. The van der Waals surface area contributed by atoms with Crippen LogP contribution in [0, 0.1) is 0 Å². The van der Waals surface area contributed by atoms with Gasteiger partial charge >= 0.3 is 0 Å². The molecule has 1 heterocycles. The van der Waals surface area contributed by atoms with E-state index >= 15 is 0 Å². The van der Waals surface area contributed by atoms with Gasteiger partial charge in [0.15, 0.2) is 0 Å². The second kappa shape index (κ2) is 5.30. The predicted octanol–water partition coefficient (Wildman–Crippen LogP) is 2.99. The lowest BCUT2D eigenvalue weighted by atomic mass is 10.1. The number of nitrogens with zero attached hydrogens (tertiary/aromatic N) is 1. The molecule has 0 radical (unpaired) electrons. The van der Waals surface area contributed by atoms with Crippen LogP contribution in [0.15, 0.2) is 23.1 Å². The molecule has 0 bridgehead atoms. The van der Waals surface area contributed by atoms with Crippen molar-refractivity contribution < 1.29 is 0 Å². The van der Waals surface area contributed by atoms with Gasteiger partial charge in [-0.15, -0.1) is 11.8 Å². The van der Waals surface area contributed by atoms with Gasteiger partial charge in [0.05, 0.1) is 10.7 Å². The minimum absolute atomic E-state index is 0.556. The van der Waals surface area contributed by atoms with Crippen molar-refractivity contribution in [3.63, 3.8) is 0 Å². The average Bonchev–Trinajstić information content (AvgIpc) is 2.28. The lowest BCUT2D eigenvalue weighted by Gasteiger charge is -2.36. The Bertz CT molecular complexity index is 370. The van der Waals surface area contributed by atoms with Gasteiger partial charge in [0, 0.05) is 23.7 Å². The van der Waals surface area contributed by atoms with E-state index in [-0.39, 0.29) is 0 Å². The molecule has 1 aliphatic rings. The van der Waals surface area contributed by atoms with Gasteiger partial charge in [-0.1, -0.05) is 17.7 Å². The number of para-hydroxylation sites is 1. The summed E-state index contributed by atoms with van der Waals surface area (Å²) in [6.07, 6.45) is 2.22. The van der Waals surface area contributed by atoms with Crippen molar-refractivity contribution in [1.29, 1.82) is 0 Å². The van der Waals surface area contributed by atoms with Crippen LogP contribution in [0.4, 0.5) is 5.69 Å². The maximum Gasteiger partial charge on any atom is 0.0693 e. The third kappa shape index (κ3) is 2.31. The normalized spacial score (nSPS) is 19.7. The Balaban J connectivity index is 2.20. The highest BCUT2D eigenvalue weighted by atomic mass is 35.5. The van der Waals surface area contributed by atoms with E-state index in [1.807, 2.05) is 23.9 Å². The number of anilines is 1. The van der Waals surface area contributed by atoms with Crippen LogP contribution in [0.1, 0.15) is 12.8 Å². The summed E-state index contributed by atoms with van der Waals surface area (Å²) >= 11 is 8.15. The molecule has 1 aliphatic heterocycles. The fourth-order valence-corrected chi connectivity index (χ4v) is 3.76. The highest BCUT2D eigenvalue weighted by molar-refractivity contribution is 7.99. The zero-order valence-electron chi connectivity index (χ0n) is 9.45. The molecule has 16 heavy (non-hydrogen) atoms. The van der Waals surface area contributed by atoms with E-state index in [4.69, 9.17) is 17.3 Å². The Morgan fingerprint density at radius 1 is 1.56 bits per heavy atom. The number of benzene rings is 1. The smallest absolute Gasteiger partial charge is 0.0693 e. The molecule has 2 nitrogen and oxygen atoms in total.